The van der Waals surface area contributed by atoms with Gasteiger partial charge in [0.2, 0.25) is 0 Å². The molecule has 12 heavy (non-hydrogen) atoms. The number of hydrogen-bond donors (Lipinski definition) is 3. The molecule has 0 radical (unpaired) electrons. The van der Waals surface area contributed by atoms with E-state index in [1.165, 1.54) is 0 Å². The van der Waals surface area contributed by atoms with Gasteiger partial charge in [-0.25, -0.2) is 4.79 Å². The second-order valence-electron chi connectivity index (χ2n) is 2.46. The minimum atomic E-state index is -1.68. The van der Waals surface area contributed by atoms with Crippen LogP contribution in [0.15, 0.2) is 0 Å². The number of rotatable bonds is 2. The molecule has 0 bridgehead atoms. The summed E-state index contributed by atoms with van der Waals surface area (Å²) in [7, 11) is 0. The molecular weight excluding hydrogens is 168 g/mol. The van der Waals surface area contributed by atoms with Gasteiger partial charge >= 0.3 is 5.97 Å². The lowest BCUT2D eigenvalue weighted by molar-refractivity contribution is -0.151. The maximum absolute atomic E-state index is 10.6. The van der Waals surface area contributed by atoms with Gasteiger partial charge in [-0.1, -0.05) is 0 Å². The van der Waals surface area contributed by atoms with Crippen molar-refractivity contribution in [1.82, 2.24) is 0 Å². The van der Waals surface area contributed by atoms with Crippen LogP contribution in [0.2, 0.25) is 0 Å². The smallest absolute Gasteiger partial charge is 0.338 e. The summed E-state index contributed by atoms with van der Waals surface area (Å²) in [6.07, 6.45) is -6.05. The highest BCUT2D eigenvalue weighted by Crippen LogP contribution is 2.17. The van der Waals surface area contributed by atoms with Gasteiger partial charge in [0.05, 0.1) is 0 Å². The van der Waals surface area contributed by atoms with E-state index in [1.54, 1.807) is 0 Å². The Labute approximate surface area is 67.4 Å². The Bertz CT molecular complexity index is 202. The van der Waals surface area contributed by atoms with E-state index in [0.29, 0.717) is 0 Å². The Hall–Kier alpha value is -0.980. The van der Waals surface area contributed by atoms with Gasteiger partial charge in [0.15, 0.2) is 18.5 Å². The first-order valence-electron chi connectivity index (χ1n) is 3.28. The number of aliphatic hydroxyl groups is 3. The van der Waals surface area contributed by atoms with E-state index in [4.69, 9.17) is 15.3 Å². The lowest BCUT2D eigenvalue weighted by Crippen LogP contribution is -2.39. The number of carbonyl (C=O) groups is 2. The number of esters is 1. The Morgan fingerprint density at radius 2 is 2.08 bits per heavy atom. The van der Waals surface area contributed by atoms with Crippen molar-refractivity contribution in [3.05, 3.63) is 0 Å². The van der Waals surface area contributed by atoms with Crippen LogP contribution in [0.4, 0.5) is 0 Å². The minimum Gasteiger partial charge on any atom is -0.454 e. The predicted octanol–water partition coefficient (Wildman–Crippen LogP) is -2.81. The largest absolute Gasteiger partial charge is 0.454 e. The molecule has 4 atom stereocenters. The average molecular weight is 176 g/mol. The summed E-state index contributed by atoms with van der Waals surface area (Å²) in [5.41, 5.74) is 0. The van der Waals surface area contributed by atoms with Crippen LogP contribution in [0.1, 0.15) is 0 Å². The van der Waals surface area contributed by atoms with Gasteiger partial charge in [0, 0.05) is 0 Å². The van der Waals surface area contributed by atoms with Gasteiger partial charge in [-0.15, -0.1) is 0 Å². The molecule has 0 aliphatic carbocycles. The van der Waals surface area contributed by atoms with Crippen LogP contribution in [0, 0.1) is 0 Å². The quantitative estimate of drug-likeness (QED) is 0.310. The van der Waals surface area contributed by atoms with Crippen molar-refractivity contribution in [3.63, 3.8) is 0 Å². The molecule has 0 amide bonds. The van der Waals surface area contributed by atoms with Crippen molar-refractivity contribution in [2.24, 2.45) is 0 Å². The SMILES string of the molecule is O=CC(O)[C@H]1OC(=O)[C@@H](O)[C@H]1O. The Kier molecular flexibility index (Phi) is 2.41. The zero-order valence-electron chi connectivity index (χ0n) is 5.95. The summed E-state index contributed by atoms with van der Waals surface area (Å²) >= 11 is 0. The van der Waals surface area contributed by atoms with Crippen LogP contribution < -0.4 is 0 Å². The Balaban J connectivity index is 2.70. The van der Waals surface area contributed by atoms with Crippen molar-refractivity contribution < 1.29 is 29.6 Å². The first-order valence-corrected chi connectivity index (χ1v) is 3.28. The third-order valence-electron chi connectivity index (χ3n) is 1.63. The molecule has 1 aliphatic rings. The first-order chi connectivity index (χ1) is 5.57. The highest BCUT2D eigenvalue weighted by Gasteiger charge is 2.46. The molecule has 0 aromatic carbocycles. The molecule has 0 saturated carbocycles. The van der Waals surface area contributed by atoms with Gasteiger partial charge in [0.1, 0.15) is 12.2 Å². The third kappa shape index (κ3) is 1.31. The van der Waals surface area contributed by atoms with Crippen molar-refractivity contribution in [1.29, 1.82) is 0 Å². The number of aldehydes is 1. The molecule has 3 N–H and O–H groups in total. The van der Waals surface area contributed by atoms with Crippen molar-refractivity contribution >= 4 is 12.3 Å². The molecule has 1 unspecified atom stereocenters. The molecule has 1 saturated heterocycles. The Morgan fingerprint density at radius 1 is 1.50 bits per heavy atom. The zero-order valence-corrected chi connectivity index (χ0v) is 5.95. The molecule has 6 heteroatoms. The van der Waals surface area contributed by atoms with E-state index in [9.17, 15) is 9.59 Å². The van der Waals surface area contributed by atoms with Crippen LogP contribution in [0.3, 0.4) is 0 Å². The zero-order chi connectivity index (χ0) is 9.30. The molecule has 1 heterocycles. The summed E-state index contributed by atoms with van der Waals surface area (Å²) in [4.78, 5) is 20.6. The van der Waals surface area contributed by atoms with Crippen LogP contribution in [0.5, 0.6) is 0 Å². The second kappa shape index (κ2) is 3.18. The summed E-state index contributed by atoms with van der Waals surface area (Å²) in [5.74, 6) is -1.03. The van der Waals surface area contributed by atoms with E-state index >= 15 is 0 Å². The summed E-state index contributed by atoms with van der Waals surface area (Å²) in [5, 5.41) is 26.7. The van der Waals surface area contributed by atoms with Crippen LogP contribution in [-0.4, -0.2) is 52.0 Å². The average Bonchev–Trinajstić information content (AvgIpc) is 2.32. The maximum Gasteiger partial charge on any atom is 0.338 e. The third-order valence-corrected chi connectivity index (χ3v) is 1.63. The van der Waals surface area contributed by atoms with E-state index in [-0.39, 0.29) is 6.29 Å². The fraction of sp³-hybridized carbons (Fsp3) is 0.667. The monoisotopic (exact) mass is 176 g/mol. The number of hydrogen-bond acceptors (Lipinski definition) is 6. The van der Waals surface area contributed by atoms with Gasteiger partial charge in [-0.3, -0.25) is 0 Å². The summed E-state index contributed by atoms with van der Waals surface area (Å²) in [6.45, 7) is 0. The Morgan fingerprint density at radius 3 is 2.42 bits per heavy atom. The normalized spacial score (nSPS) is 37.6. The molecule has 0 aromatic rings. The molecule has 6 nitrogen and oxygen atoms in total. The molecule has 0 spiro atoms. The lowest BCUT2D eigenvalue weighted by atomic mass is 10.1. The van der Waals surface area contributed by atoms with Gasteiger partial charge in [0.25, 0.3) is 0 Å². The fourth-order valence-corrected chi connectivity index (χ4v) is 0.942. The van der Waals surface area contributed by atoms with E-state index < -0.39 is 30.4 Å². The summed E-state index contributed by atoms with van der Waals surface area (Å²) in [6, 6.07) is 0. The molecule has 1 rings (SSSR count). The first kappa shape index (κ1) is 9.11. The van der Waals surface area contributed by atoms with Crippen LogP contribution in [-0.2, 0) is 14.3 Å². The molecule has 68 valence electrons. The molecular formula is C6H8O6. The van der Waals surface area contributed by atoms with E-state index in [0.717, 1.165) is 0 Å². The van der Waals surface area contributed by atoms with Gasteiger partial charge in [-0.05, 0) is 0 Å². The van der Waals surface area contributed by atoms with Crippen molar-refractivity contribution in [2.45, 2.75) is 24.4 Å². The van der Waals surface area contributed by atoms with Crippen LogP contribution in [0.25, 0.3) is 0 Å². The molecule has 1 fully saturated rings. The lowest BCUT2D eigenvalue weighted by Gasteiger charge is -2.14. The standard InChI is InChI=1S/C6H8O6/c7-1-2(8)5-3(9)4(10)6(11)12-5/h1-5,8-10H/t2?,3-,4+,5-/m1/s1. The van der Waals surface area contributed by atoms with Gasteiger partial charge < -0.3 is 24.9 Å². The number of carbonyl (C=O) groups excluding carboxylic acids is 2. The molecule has 0 aromatic heterocycles. The minimum absolute atomic E-state index is 0.124. The maximum atomic E-state index is 10.6. The number of ether oxygens (including phenoxy) is 1. The summed E-state index contributed by atoms with van der Waals surface area (Å²) < 4.78 is 4.32. The number of cyclic esters (lactones) is 1. The van der Waals surface area contributed by atoms with E-state index in [1.807, 2.05) is 0 Å². The van der Waals surface area contributed by atoms with Crippen molar-refractivity contribution in [3.8, 4) is 0 Å². The second-order valence-corrected chi connectivity index (χ2v) is 2.46. The highest BCUT2D eigenvalue weighted by atomic mass is 16.6. The topological polar surface area (TPSA) is 104 Å². The van der Waals surface area contributed by atoms with Crippen molar-refractivity contribution in [2.75, 3.05) is 0 Å². The highest BCUT2D eigenvalue weighted by molar-refractivity contribution is 5.78. The number of aliphatic hydroxyl groups excluding tert-OH is 3. The fourth-order valence-electron chi connectivity index (χ4n) is 0.942. The van der Waals surface area contributed by atoms with E-state index in [2.05, 4.69) is 4.74 Å². The molecule has 1 aliphatic heterocycles. The van der Waals surface area contributed by atoms with Gasteiger partial charge in [-0.2, -0.15) is 0 Å². The van der Waals surface area contributed by atoms with Crippen LogP contribution >= 0.6 is 0 Å². The predicted molar refractivity (Wildman–Crippen MR) is 34.0 cm³/mol.